The molecule has 39 heavy (non-hydrogen) atoms. The lowest BCUT2D eigenvalue weighted by Crippen LogP contribution is -2.67. The summed E-state index contributed by atoms with van der Waals surface area (Å²) < 4.78 is 6.96. The van der Waals surface area contributed by atoms with Crippen LogP contribution in [0.25, 0.3) is 0 Å². The van der Waals surface area contributed by atoms with E-state index in [2.05, 4.69) is 69.3 Å². The highest BCUT2D eigenvalue weighted by Gasteiger charge is 2.72. The highest BCUT2D eigenvalue weighted by atomic mass is 16.5. The summed E-state index contributed by atoms with van der Waals surface area (Å²) in [6.45, 7) is 20.6. The summed E-state index contributed by atoms with van der Waals surface area (Å²) in [6, 6.07) is 0. The number of likely N-dealkylation sites (N-methyl/N-ethyl adjacent to an activating group) is 1. The summed E-state index contributed by atoms with van der Waals surface area (Å²) in [5, 5.41) is 11.0. The molecule has 222 valence electrons. The highest BCUT2D eigenvalue weighted by molar-refractivity contribution is 5.78. The van der Waals surface area contributed by atoms with Crippen molar-refractivity contribution in [2.45, 2.75) is 112 Å². The van der Waals surface area contributed by atoms with Crippen LogP contribution < -0.4 is 0 Å². The molecule has 5 fully saturated rings. The lowest BCUT2D eigenvalue weighted by atomic mass is 9.32. The zero-order chi connectivity index (χ0) is 28.8. The van der Waals surface area contributed by atoms with Gasteiger partial charge in [-0.3, -0.25) is 4.79 Å². The molecule has 5 aliphatic carbocycles. The van der Waals surface area contributed by atoms with Crippen LogP contribution in [-0.4, -0.2) is 56.0 Å². The summed E-state index contributed by atoms with van der Waals surface area (Å²) in [5.41, 5.74) is 1.70. The van der Waals surface area contributed by atoms with Crippen molar-refractivity contribution in [3.05, 3.63) is 12.2 Å². The van der Waals surface area contributed by atoms with Crippen molar-refractivity contribution in [3.63, 3.8) is 0 Å². The maximum absolute atomic E-state index is 14.1. The lowest BCUT2D eigenvalue weighted by molar-refractivity contribution is -0.870. The molecule has 0 spiro atoms. The number of rotatable bonds is 5. The Bertz CT molecular complexity index is 996. The van der Waals surface area contributed by atoms with E-state index < -0.39 is 0 Å². The Hall–Kier alpha value is -0.870. The van der Waals surface area contributed by atoms with E-state index in [1.54, 1.807) is 0 Å². The smallest absolute Gasteiger partial charge is 0.312 e. The van der Waals surface area contributed by atoms with Gasteiger partial charge in [-0.25, -0.2) is 0 Å². The predicted molar refractivity (Wildman–Crippen MR) is 159 cm³/mol. The first-order valence-electron chi connectivity index (χ1n) is 16.3. The van der Waals surface area contributed by atoms with E-state index in [0.29, 0.717) is 36.2 Å². The van der Waals surface area contributed by atoms with Crippen LogP contribution in [0.2, 0.25) is 0 Å². The molecule has 4 nitrogen and oxygen atoms in total. The van der Waals surface area contributed by atoms with E-state index in [0.717, 1.165) is 49.6 Å². The number of allylic oxidation sites excluding steroid dienone is 1. The van der Waals surface area contributed by atoms with Crippen LogP contribution >= 0.6 is 0 Å². The number of ether oxygens (including phenoxy) is 1. The van der Waals surface area contributed by atoms with Gasteiger partial charge in [0, 0.05) is 0 Å². The Labute approximate surface area is 239 Å². The molecular formula is C35H60NO3+. The second-order valence-corrected chi connectivity index (χ2v) is 17.4. The van der Waals surface area contributed by atoms with Crippen LogP contribution in [0.5, 0.6) is 0 Å². The van der Waals surface area contributed by atoms with E-state index in [4.69, 9.17) is 4.74 Å². The molecule has 1 N–H and O–H groups in total. The maximum atomic E-state index is 14.1. The molecule has 0 aromatic heterocycles. The quantitative estimate of drug-likeness (QED) is 0.226. The highest BCUT2D eigenvalue weighted by Crippen LogP contribution is 2.77. The fourth-order valence-electron chi connectivity index (χ4n) is 12.0. The van der Waals surface area contributed by atoms with E-state index in [9.17, 15) is 9.90 Å². The summed E-state index contributed by atoms with van der Waals surface area (Å²) >= 11 is 0. The van der Waals surface area contributed by atoms with Crippen LogP contribution in [0, 0.1) is 56.7 Å². The predicted octanol–water partition coefficient (Wildman–Crippen LogP) is 7.25. The molecule has 0 bridgehead atoms. The maximum Gasteiger partial charge on any atom is 0.312 e. The molecule has 0 unspecified atom stereocenters. The lowest BCUT2D eigenvalue weighted by Gasteiger charge is -2.72. The first kappa shape index (κ1) is 29.6. The Kier molecular flexibility index (Phi) is 7.07. The van der Waals surface area contributed by atoms with Crippen LogP contribution in [0.4, 0.5) is 0 Å². The minimum atomic E-state index is -0.333. The van der Waals surface area contributed by atoms with Gasteiger partial charge in [-0.15, -0.1) is 0 Å². The number of aliphatic hydroxyl groups is 1. The SMILES string of the molecule is C=C(C)[C@@H]1CC[C@]2(C(=O)OCC[N+](C)(C)C)CC[C@]3(C)[C@H](CC[C@@H]4[C@@]5(C)CC[C@H](O)C(C)(C)[C@@H]5CC[C@]43C)[C@@H]12. The number of fused-ring (bicyclic) bond motifs is 7. The molecule has 5 aliphatic rings. The molecule has 0 radical (unpaired) electrons. The zero-order valence-electron chi connectivity index (χ0n) is 26.9. The van der Waals surface area contributed by atoms with E-state index >= 15 is 0 Å². The summed E-state index contributed by atoms with van der Waals surface area (Å²) in [5.74, 6) is 2.70. The zero-order valence-corrected chi connectivity index (χ0v) is 26.9. The minimum Gasteiger partial charge on any atom is -0.459 e. The molecule has 5 saturated carbocycles. The Morgan fingerprint density at radius 2 is 1.56 bits per heavy atom. The molecular weight excluding hydrogens is 482 g/mol. The fourth-order valence-corrected chi connectivity index (χ4v) is 12.0. The number of carbonyl (C=O) groups excluding carboxylic acids is 1. The molecule has 0 heterocycles. The van der Waals surface area contributed by atoms with Crippen LogP contribution in [0.15, 0.2) is 12.2 Å². The van der Waals surface area contributed by atoms with Crippen molar-refractivity contribution in [2.75, 3.05) is 34.3 Å². The van der Waals surface area contributed by atoms with Crippen molar-refractivity contribution in [1.29, 1.82) is 0 Å². The van der Waals surface area contributed by atoms with Gasteiger partial charge in [-0.05, 0) is 122 Å². The van der Waals surface area contributed by atoms with Gasteiger partial charge in [0.05, 0.1) is 32.7 Å². The third-order valence-corrected chi connectivity index (χ3v) is 14.4. The van der Waals surface area contributed by atoms with Gasteiger partial charge < -0.3 is 14.3 Å². The Morgan fingerprint density at radius 3 is 2.21 bits per heavy atom. The number of hydrogen-bond donors (Lipinski definition) is 1. The first-order chi connectivity index (χ1) is 17.9. The van der Waals surface area contributed by atoms with Gasteiger partial charge in [-0.1, -0.05) is 46.8 Å². The third kappa shape index (κ3) is 4.15. The van der Waals surface area contributed by atoms with Crippen molar-refractivity contribution in [2.24, 2.45) is 56.7 Å². The standard InChI is InChI=1S/C35H60NO3/c1-23(2)24-13-18-35(30(38)39-22-21-36(8,9)10)20-19-33(6)25(29(24)35)11-12-27-32(5)16-15-28(37)31(3,4)26(32)14-17-34(27,33)7/h24-29,37H,1,11-22H2,2-10H3/q+1/t24-,25+,26-,27+,28-,29+,32-,33+,34+,35-/m0/s1. The van der Waals surface area contributed by atoms with Crippen molar-refractivity contribution in [3.8, 4) is 0 Å². The number of esters is 1. The van der Waals surface area contributed by atoms with E-state index in [1.165, 1.54) is 31.3 Å². The van der Waals surface area contributed by atoms with Crippen LogP contribution in [-0.2, 0) is 9.53 Å². The minimum absolute atomic E-state index is 0.0141. The van der Waals surface area contributed by atoms with Gasteiger partial charge in [-0.2, -0.15) is 0 Å². The molecule has 0 amide bonds. The average molecular weight is 543 g/mol. The van der Waals surface area contributed by atoms with Crippen molar-refractivity contribution in [1.82, 2.24) is 0 Å². The number of nitrogens with zero attached hydrogens (tertiary/aromatic N) is 1. The van der Waals surface area contributed by atoms with Crippen LogP contribution in [0.1, 0.15) is 106 Å². The molecule has 0 saturated heterocycles. The Balaban J connectivity index is 1.48. The first-order valence-corrected chi connectivity index (χ1v) is 16.3. The van der Waals surface area contributed by atoms with Crippen LogP contribution in [0.3, 0.4) is 0 Å². The van der Waals surface area contributed by atoms with Gasteiger partial charge in [0.15, 0.2) is 0 Å². The molecule has 0 aliphatic heterocycles. The second kappa shape index (κ2) is 9.32. The van der Waals surface area contributed by atoms with E-state index in [1.807, 2.05) is 0 Å². The number of hydrogen-bond acceptors (Lipinski definition) is 3. The van der Waals surface area contributed by atoms with Crippen molar-refractivity contribution < 1.29 is 19.1 Å². The van der Waals surface area contributed by atoms with Gasteiger partial charge in [0.25, 0.3) is 0 Å². The average Bonchev–Trinajstić information content (AvgIpc) is 3.23. The van der Waals surface area contributed by atoms with Gasteiger partial charge in [0.2, 0.25) is 0 Å². The molecule has 10 atom stereocenters. The van der Waals surface area contributed by atoms with Gasteiger partial charge in [0.1, 0.15) is 13.2 Å². The number of quaternary nitrogens is 1. The molecule has 0 aromatic rings. The second-order valence-electron chi connectivity index (χ2n) is 17.4. The Morgan fingerprint density at radius 1 is 0.872 bits per heavy atom. The topological polar surface area (TPSA) is 46.5 Å². The third-order valence-electron chi connectivity index (χ3n) is 14.4. The summed E-state index contributed by atoms with van der Waals surface area (Å²) in [6.07, 6.45) is 11.1. The normalized spacial score (nSPS) is 48.8. The summed E-state index contributed by atoms with van der Waals surface area (Å²) in [7, 11) is 6.49. The van der Waals surface area contributed by atoms with Crippen molar-refractivity contribution >= 4 is 5.97 Å². The number of aliphatic hydroxyl groups excluding tert-OH is 1. The molecule has 5 rings (SSSR count). The number of carbonyl (C=O) groups is 1. The fraction of sp³-hybridized carbons (Fsp3) is 0.914. The summed E-state index contributed by atoms with van der Waals surface area (Å²) in [4.78, 5) is 14.1. The van der Waals surface area contributed by atoms with E-state index in [-0.39, 0.29) is 39.1 Å². The molecule has 0 aromatic carbocycles. The monoisotopic (exact) mass is 542 g/mol. The molecule has 4 heteroatoms. The largest absolute Gasteiger partial charge is 0.459 e. The van der Waals surface area contributed by atoms with Gasteiger partial charge >= 0.3 is 5.97 Å².